The largest absolute Gasteiger partial charge is 0.378 e. The molecule has 0 aromatic rings. The molecule has 0 spiro atoms. The van der Waals surface area contributed by atoms with Gasteiger partial charge in [0.25, 0.3) is 0 Å². The summed E-state index contributed by atoms with van der Waals surface area (Å²) < 4.78 is 5.97. The molecule has 0 saturated heterocycles. The Morgan fingerprint density at radius 1 is 1.29 bits per heavy atom. The highest BCUT2D eigenvalue weighted by Crippen LogP contribution is 2.57. The Bertz CT molecular complexity index is 246. The topological polar surface area (TPSA) is 9.23 Å². The first-order valence-corrected chi connectivity index (χ1v) is 6.18. The molecule has 0 N–H and O–H groups in total. The van der Waals surface area contributed by atoms with Crippen LogP contribution in [-0.4, -0.2) is 12.7 Å². The molecule has 0 radical (unpaired) electrons. The van der Waals surface area contributed by atoms with Gasteiger partial charge in [-0.3, -0.25) is 0 Å². The maximum absolute atomic E-state index is 5.97. The van der Waals surface area contributed by atoms with Gasteiger partial charge >= 0.3 is 0 Å². The van der Waals surface area contributed by atoms with Gasteiger partial charge in [0, 0.05) is 6.61 Å². The molecule has 0 aromatic carbocycles. The van der Waals surface area contributed by atoms with Gasteiger partial charge in [-0.15, -0.1) is 0 Å². The van der Waals surface area contributed by atoms with Crippen molar-refractivity contribution in [2.24, 2.45) is 23.7 Å². The number of ether oxygens (including phenoxy) is 1. The predicted molar refractivity (Wildman–Crippen MR) is 57.0 cm³/mol. The molecule has 5 unspecified atom stereocenters. The van der Waals surface area contributed by atoms with Gasteiger partial charge in [-0.05, 0) is 49.4 Å². The van der Waals surface area contributed by atoms with Crippen LogP contribution in [0.2, 0.25) is 0 Å². The Morgan fingerprint density at radius 2 is 2.21 bits per heavy atom. The van der Waals surface area contributed by atoms with Crippen LogP contribution in [0.25, 0.3) is 0 Å². The Hall–Kier alpha value is -0.300. The fraction of sp³-hybridized carbons (Fsp3) is 0.846. The van der Waals surface area contributed by atoms with Crippen LogP contribution in [0.4, 0.5) is 0 Å². The van der Waals surface area contributed by atoms with E-state index in [0.717, 1.165) is 30.3 Å². The molecule has 2 saturated carbocycles. The lowest BCUT2D eigenvalue weighted by molar-refractivity contribution is -0.00708. The molecule has 14 heavy (non-hydrogen) atoms. The van der Waals surface area contributed by atoms with Crippen molar-refractivity contribution in [3.8, 4) is 0 Å². The summed E-state index contributed by atoms with van der Waals surface area (Å²) in [6.45, 7) is 3.17. The van der Waals surface area contributed by atoms with E-state index in [9.17, 15) is 0 Å². The van der Waals surface area contributed by atoms with Crippen molar-refractivity contribution in [1.29, 1.82) is 0 Å². The van der Waals surface area contributed by atoms with Gasteiger partial charge in [0.2, 0.25) is 0 Å². The molecule has 2 bridgehead atoms. The molecular formula is C13H20O. The molecule has 0 aromatic heterocycles. The third-order valence-electron chi connectivity index (χ3n) is 4.48. The molecule has 0 amide bonds. The first-order valence-electron chi connectivity index (χ1n) is 6.18. The van der Waals surface area contributed by atoms with E-state index in [-0.39, 0.29) is 0 Å². The van der Waals surface area contributed by atoms with Crippen molar-refractivity contribution >= 4 is 0 Å². The van der Waals surface area contributed by atoms with Crippen molar-refractivity contribution in [3.63, 3.8) is 0 Å². The Labute approximate surface area is 86.5 Å². The number of fused-ring (bicyclic) bond motifs is 5. The van der Waals surface area contributed by atoms with Crippen LogP contribution < -0.4 is 0 Å². The van der Waals surface area contributed by atoms with Crippen LogP contribution in [0.3, 0.4) is 0 Å². The molecule has 2 fully saturated rings. The van der Waals surface area contributed by atoms with Crippen LogP contribution in [0.1, 0.15) is 32.6 Å². The molecule has 3 aliphatic carbocycles. The summed E-state index contributed by atoms with van der Waals surface area (Å²) in [5, 5.41) is 0. The molecule has 5 atom stereocenters. The zero-order valence-corrected chi connectivity index (χ0v) is 8.99. The number of hydrogen-bond acceptors (Lipinski definition) is 1. The number of hydrogen-bond donors (Lipinski definition) is 0. The molecule has 0 aliphatic heterocycles. The lowest BCUT2D eigenvalue weighted by atomic mass is 9.80. The summed E-state index contributed by atoms with van der Waals surface area (Å²) in [5.41, 5.74) is 0. The van der Waals surface area contributed by atoms with E-state index in [1.165, 1.54) is 25.7 Å². The quantitative estimate of drug-likeness (QED) is 0.625. The summed E-state index contributed by atoms with van der Waals surface area (Å²) in [7, 11) is 0. The second kappa shape index (κ2) is 3.37. The van der Waals surface area contributed by atoms with Crippen molar-refractivity contribution in [2.45, 2.75) is 38.7 Å². The molecule has 1 heteroatoms. The highest BCUT2D eigenvalue weighted by molar-refractivity contribution is 5.14. The van der Waals surface area contributed by atoms with E-state index in [0.29, 0.717) is 6.10 Å². The van der Waals surface area contributed by atoms with E-state index in [1.54, 1.807) is 0 Å². The fourth-order valence-electron chi connectivity index (χ4n) is 3.96. The minimum absolute atomic E-state index is 0.612. The van der Waals surface area contributed by atoms with E-state index in [2.05, 4.69) is 19.1 Å². The third-order valence-corrected chi connectivity index (χ3v) is 4.48. The summed E-state index contributed by atoms with van der Waals surface area (Å²) in [6, 6.07) is 0. The van der Waals surface area contributed by atoms with Crippen LogP contribution in [0.15, 0.2) is 12.2 Å². The van der Waals surface area contributed by atoms with Gasteiger partial charge < -0.3 is 4.74 Å². The van der Waals surface area contributed by atoms with Crippen LogP contribution in [-0.2, 0) is 4.74 Å². The standard InChI is InChI=1S/C13H20O/c1-2-6-14-13-8-9-7-12(13)11-5-3-4-10(9)11/h3-4,9-13H,2,5-8H2,1H3. The van der Waals surface area contributed by atoms with Gasteiger partial charge in [0.1, 0.15) is 0 Å². The third kappa shape index (κ3) is 1.18. The van der Waals surface area contributed by atoms with E-state index < -0.39 is 0 Å². The molecule has 1 nitrogen and oxygen atoms in total. The van der Waals surface area contributed by atoms with Crippen molar-refractivity contribution in [1.82, 2.24) is 0 Å². The normalized spacial score (nSPS) is 48.8. The summed E-state index contributed by atoms with van der Waals surface area (Å²) in [5.74, 6) is 3.74. The first-order chi connectivity index (χ1) is 6.90. The Kier molecular flexibility index (Phi) is 2.16. The molecule has 78 valence electrons. The van der Waals surface area contributed by atoms with E-state index in [1.807, 2.05) is 0 Å². The van der Waals surface area contributed by atoms with Gasteiger partial charge in [-0.2, -0.15) is 0 Å². The maximum atomic E-state index is 5.97. The van der Waals surface area contributed by atoms with E-state index >= 15 is 0 Å². The highest BCUT2D eigenvalue weighted by Gasteiger charge is 2.52. The molecule has 3 aliphatic rings. The monoisotopic (exact) mass is 192 g/mol. The number of rotatable bonds is 3. The Morgan fingerprint density at radius 3 is 3.07 bits per heavy atom. The van der Waals surface area contributed by atoms with Crippen LogP contribution in [0, 0.1) is 23.7 Å². The molecule has 0 heterocycles. The SMILES string of the molecule is CCCOC1CC2CC1C1CC=CC21. The zero-order valence-electron chi connectivity index (χ0n) is 8.99. The van der Waals surface area contributed by atoms with Gasteiger partial charge in [-0.25, -0.2) is 0 Å². The first kappa shape index (κ1) is 8.96. The zero-order chi connectivity index (χ0) is 9.54. The summed E-state index contributed by atoms with van der Waals surface area (Å²) in [6.07, 6.45) is 10.8. The lowest BCUT2D eigenvalue weighted by Gasteiger charge is -2.31. The second-order valence-corrected chi connectivity index (χ2v) is 5.21. The van der Waals surface area contributed by atoms with Gasteiger partial charge in [0.15, 0.2) is 0 Å². The lowest BCUT2D eigenvalue weighted by Crippen LogP contribution is -2.30. The van der Waals surface area contributed by atoms with Gasteiger partial charge in [0.05, 0.1) is 6.10 Å². The van der Waals surface area contributed by atoms with Crippen molar-refractivity contribution in [3.05, 3.63) is 12.2 Å². The fourth-order valence-corrected chi connectivity index (χ4v) is 3.96. The smallest absolute Gasteiger partial charge is 0.0609 e. The number of allylic oxidation sites excluding steroid dienone is 2. The summed E-state index contributed by atoms with van der Waals surface area (Å²) in [4.78, 5) is 0. The Balaban J connectivity index is 1.67. The predicted octanol–water partition coefficient (Wildman–Crippen LogP) is 3.01. The summed E-state index contributed by atoms with van der Waals surface area (Å²) >= 11 is 0. The van der Waals surface area contributed by atoms with Gasteiger partial charge in [-0.1, -0.05) is 19.1 Å². The molecular weight excluding hydrogens is 172 g/mol. The second-order valence-electron chi connectivity index (χ2n) is 5.21. The minimum atomic E-state index is 0.612. The van der Waals surface area contributed by atoms with Crippen molar-refractivity contribution in [2.75, 3.05) is 6.61 Å². The maximum Gasteiger partial charge on any atom is 0.0609 e. The average Bonchev–Trinajstić information content (AvgIpc) is 2.85. The van der Waals surface area contributed by atoms with Crippen LogP contribution in [0.5, 0.6) is 0 Å². The average molecular weight is 192 g/mol. The molecule has 3 rings (SSSR count). The van der Waals surface area contributed by atoms with Crippen molar-refractivity contribution < 1.29 is 4.74 Å². The van der Waals surface area contributed by atoms with E-state index in [4.69, 9.17) is 4.74 Å². The highest BCUT2D eigenvalue weighted by atomic mass is 16.5. The van der Waals surface area contributed by atoms with Crippen LogP contribution >= 0.6 is 0 Å². The minimum Gasteiger partial charge on any atom is -0.378 e.